The number of rotatable bonds is 4. The summed E-state index contributed by atoms with van der Waals surface area (Å²) in [6.45, 7) is 7.09. The molecule has 28 heavy (non-hydrogen) atoms. The predicted octanol–water partition coefficient (Wildman–Crippen LogP) is 2.33. The van der Waals surface area contributed by atoms with E-state index >= 15 is 0 Å². The summed E-state index contributed by atoms with van der Waals surface area (Å²) < 4.78 is 10.6. The monoisotopic (exact) mass is 391 g/mol. The van der Waals surface area contributed by atoms with Gasteiger partial charge in [0, 0.05) is 33.2 Å². The molecular formula is C20H29N3O5. The molecule has 1 saturated heterocycles. The van der Waals surface area contributed by atoms with Gasteiger partial charge in [0.15, 0.2) is 0 Å². The summed E-state index contributed by atoms with van der Waals surface area (Å²) in [7, 11) is 1.53. The van der Waals surface area contributed by atoms with Crippen LogP contribution in [0.1, 0.15) is 26.3 Å². The second-order valence-corrected chi connectivity index (χ2v) is 7.74. The summed E-state index contributed by atoms with van der Waals surface area (Å²) in [5.41, 5.74) is 0.315. The van der Waals surface area contributed by atoms with Crippen LogP contribution in [0.25, 0.3) is 0 Å². The second kappa shape index (κ2) is 9.43. The molecule has 0 saturated carbocycles. The minimum atomic E-state index is -0.611. The predicted molar refractivity (Wildman–Crippen MR) is 104 cm³/mol. The normalized spacial score (nSPS) is 14.4. The SMILES string of the molecule is CN(CC(=O)N1CCN(C(=O)OCc2ccccc2)CC1)C(=O)OC(C)(C)C. The Balaban J connectivity index is 1.74. The maximum absolute atomic E-state index is 12.4. The van der Waals surface area contributed by atoms with Crippen molar-refractivity contribution in [1.29, 1.82) is 0 Å². The highest BCUT2D eigenvalue weighted by molar-refractivity contribution is 5.82. The van der Waals surface area contributed by atoms with Crippen molar-refractivity contribution in [3.8, 4) is 0 Å². The van der Waals surface area contributed by atoms with E-state index in [4.69, 9.17) is 9.47 Å². The van der Waals surface area contributed by atoms with E-state index in [9.17, 15) is 14.4 Å². The zero-order valence-corrected chi connectivity index (χ0v) is 17.0. The Morgan fingerprint density at radius 3 is 2.14 bits per heavy atom. The number of carbonyl (C=O) groups excluding carboxylic acids is 3. The second-order valence-electron chi connectivity index (χ2n) is 7.74. The molecular weight excluding hydrogens is 362 g/mol. The third kappa shape index (κ3) is 6.75. The number of piperazine rings is 1. The Labute approximate surface area is 166 Å². The van der Waals surface area contributed by atoms with Crippen molar-refractivity contribution in [2.45, 2.75) is 33.0 Å². The highest BCUT2D eigenvalue weighted by atomic mass is 16.6. The third-order valence-electron chi connectivity index (χ3n) is 4.17. The lowest BCUT2D eigenvalue weighted by molar-refractivity contribution is -0.133. The molecule has 154 valence electrons. The van der Waals surface area contributed by atoms with Gasteiger partial charge in [-0.25, -0.2) is 9.59 Å². The minimum absolute atomic E-state index is 0.0621. The van der Waals surface area contributed by atoms with Crippen LogP contribution in [0.15, 0.2) is 30.3 Å². The van der Waals surface area contributed by atoms with Crippen LogP contribution in [0, 0.1) is 0 Å². The van der Waals surface area contributed by atoms with E-state index in [1.807, 2.05) is 30.3 Å². The van der Waals surface area contributed by atoms with Gasteiger partial charge in [0.25, 0.3) is 0 Å². The van der Waals surface area contributed by atoms with Gasteiger partial charge in [-0.2, -0.15) is 0 Å². The average molecular weight is 391 g/mol. The van der Waals surface area contributed by atoms with Gasteiger partial charge in [-0.1, -0.05) is 30.3 Å². The largest absolute Gasteiger partial charge is 0.445 e. The maximum atomic E-state index is 12.4. The molecule has 1 fully saturated rings. The van der Waals surface area contributed by atoms with E-state index in [1.165, 1.54) is 11.9 Å². The number of likely N-dealkylation sites (N-methyl/N-ethyl adjacent to an activating group) is 1. The van der Waals surface area contributed by atoms with Crippen LogP contribution in [-0.2, 0) is 20.9 Å². The summed E-state index contributed by atoms with van der Waals surface area (Å²) in [6.07, 6.45) is -0.925. The van der Waals surface area contributed by atoms with Crippen molar-refractivity contribution in [3.63, 3.8) is 0 Å². The first-order chi connectivity index (χ1) is 13.2. The Hall–Kier alpha value is -2.77. The first-order valence-corrected chi connectivity index (χ1v) is 9.33. The molecule has 2 rings (SSSR count). The van der Waals surface area contributed by atoms with Gasteiger partial charge in [-0.05, 0) is 26.3 Å². The average Bonchev–Trinajstić information content (AvgIpc) is 2.65. The number of benzene rings is 1. The van der Waals surface area contributed by atoms with Gasteiger partial charge >= 0.3 is 12.2 Å². The minimum Gasteiger partial charge on any atom is -0.445 e. The van der Waals surface area contributed by atoms with E-state index < -0.39 is 11.7 Å². The molecule has 1 aliphatic rings. The summed E-state index contributed by atoms with van der Waals surface area (Å²) >= 11 is 0. The molecule has 0 bridgehead atoms. The number of hydrogen-bond donors (Lipinski definition) is 0. The van der Waals surface area contributed by atoms with Gasteiger partial charge in [0.2, 0.25) is 5.91 Å². The standard InChI is InChI=1S/C20H29N3O5/c1-20(2,3)28-18(25)21(4)14-17(24)22-10-12-23(13-11-22)19(26)27-15-16-8-6-5-7-9-16/h5-9H,10-15H2,1-4H3. The van der Waals surface area contributed by atoms with Gasteiger partial charge in [-0.15, -0.1) is 0 Å². The van der Waals surface area contributed by atoms with Crippen LogP contribution in [-0.4, -0.2) is 78.2 Å². The molecule has 8 nitrogen and oxygen atoms in total. The van der Waals surface area contributed by atoms with Crippen LogP contribution in [0.5, 0.6) is 0 Å². The smallest absolute Gasteiger partial charge is 0.410 e. The Bertz CT molecular complexity index is 679. The van der Waals surface area contributed by atoms with E-state index in [0.29, 0.717) is 26.2 Å². The first-order valence-electron chi connectivity index (χ1n) is 9.33. The van der Waals surface area contributed by atoms with E-state index in [0.717, 1.165) is 5.56 Å². The van der Waals surface area contributed by atoms with Crippen molar-refractivity contribution < 1.29 is 23.9 Å². The Morgan fingerprint density at radius 2 is 1.57 bits per heavy atom. The molecule has 1 aromatic carbocycles. The first kappa shape index (κ1) is 21.5. The van der Waals surface area contributed by atoms with Crippen LogP contribution in [0.3, 0.4) is 0 Å². The maximum Gasteiger partial charge on any atom is 0.410 e. The number of amides is 3. The van der Waals surface area contributed by atoms with Crippen molar-refractivity contribution >= 4 is 18.1 Å². The number of nitrogens with zero attached hydrogens (tertiary/aromatic N) is 3. The lowest BCUT2D eigenvalue weighted by Gasteiger charge is -2.35. The summed E-state index contributed by atoms with van der Waals surface area (Å²) in [5, 5.41) is 0. The lowest BCUT2D eigenvalue weighted by atomic mass is 10.2. The van der Waals surface area contributed by atoms with Gasteiger partial charge in [0.1, 0.15) is 18.8 Å². The van der Waals surface area contributed by atoms with Crippen molar-refractivity contribution in [1.82, 2.24) is 14.7 Å². The number of hydrogen-bond acceptors (Lipinski definition) is 5. The molecule has 0 aromatic heterocycles. The highest BCUT2D eigenvalue weighted by Gasteiger charge is 2.27. The Morgan fingerprint density at radius 1 is 1.00 bits per heavy atom. The molecule has 0 unspecified atom stereocenters. The summed E-state index contributed by atoms with van der Waals surface area (Å²) in [4.78, 5) is 41.0. The molecule has 1 aliphatic heterocycles. The van der Waals surface area contributed by atoms with Crippen LogP contribution in [0.4, 0.5) is 9.59 Å². The molecule has 1 aromatic rings. The Kier molecular flexibility index (Phi) is 7.25. The van der Waals surface area contributed by atoms with Gasteiger partial charge in [0.05, 0.1) is 0 Å². The zero-order valence-electron chi connectivity index (χ0n) is 17.0. The van der Waals surface area contributed by atoms with E-state index in [-0.39, 0.29) is 25.2 Å². The molecule has 0 aliphatic carbocycles. The number of carbonyl (C=O) groups is 3. The van der Waals surface area contributed by atoms with E-state index in [2.05, 4.69) is 0 Å². The molecule has 3 amide bonds. The van der Waals surface area contributed by atoms with Crippen LogP contribution >= 0.6 is 0 Å². The fraction of sp³-hybridized carbons (Fsp3) is 0.550. The zero-order chi connectivity index (χ0) is 20.7. The van der Waals surface area contributed by atoms with E-state index in [1.54, 1.807) is 30.6 Å². The summed E-state index contributed by atoms with van der Waals surface area (Å²) in [6, 6.07) is 9.47. The molecule has 1 heterocycles. The fourth-order valence-electron chi connectivity index (χ4n) is 2.66. The highest BCUT2D eigenvalue weighted by Crippen LogP contribution is 2.10. The third-order valence-corrected chi connectivity index (χ3v) is 4.17. The molecule has 0 N–H and O–H groups in total. The molecule has 0 spiro atoms. The van der Waals surface area contributed by atoms with Crippen molar-refractivity contribution in [2.24, 2.45) is 0 Å². The fourth-order valence-corrected chi connectivity index (χ4v) is 2.66. The molecule has 0 radical (unpaired) electrons. The van der Waals surface area contributed by atoms with Crippen molar-refractivity contribution in [3.05, 3.63) is 35.9 Å². The number of ether oxygens (including phenoxy) is 2. The molecule has 0 atom stereocenters. The quantitative estimate of drug-likeness (QED) is 0.787. The molecule has 8 heteroatoms. The lowest BCUT2D eigenvalue weighted by Crippen LogP contribution is -2.53. The topological polar surface area (TPSA) is 79.4 Å². The van der Waals surface area contributed by atoms with Crippen LogP contribution in [0.2, 0.25) is 0 Å². The van der Waals surface area contributed by atoms with Crippen LogP contribution < -0.4 is 0 Å². The van der Waals surface area contributed by atoms with Gasteiger partial charge < -0.3 is 24.2 Å². The van der Waals surface area contributed by atoms with Crippen molar-refractivity contribution in [2.75, 3.05) is 39.8 Å². The van der Waals surface area contributed by atoms with Gasteiger partial charge in [-0.3, -0.25) is 4.79 Å². The summed E-state index contributed by atoms with van der Waals surface area (Å²) in [5.74, 6) is -0.175.